The van der Waals surface area contributed by atoms with Crippen LogP contribution in [0, 0.1) is 0 Å². The van der Waals surface area contributed by atoms with Gasteiger partial charge in [0.2, 0.25) is 11.0 Å². The smallest absolute Gasteiger partial charge is 0.325 e. The maximum atomic E-state index is 12.6. The Kier molecular flexibility index (Phi) is 4.94. The molecule has 2 aliphatic heterocycles. The van der Waals surface area contributed by atoms with E-state index in [1.165, 1.54) is 16.7 Å². The number of ether oxygens (including phenoxy) is 1. The van der Waals surface area contributed by atoms with Crippen molar-refractivity contribution in [1.29, 1.82) is 0 Å². The molecule has 128 valence electrons. The molecule has 0 radical (unpaired) electrons. The first-order valence-corrected chi connectivity index (χ1v) is 8.74. The van der Waals surface area contributed by atoms with Crippen molar-refractivity contribution in [3.63, 3.8) is 0 Å². The molecule has 1 atom stereocenters. The Hall–Kier alpha value is -2.22. The number of rotatable bonds is 5. The van der Waals surface area contributed by atoms with Crippen molar-refractivity contribution in [3.05, 3.63) is 24.3 Å². The molecule has 2 aliphatic rings. The molecule has 1 N–H and O–H groups in total. The van der Waals surface area contributed by atoms with E-state index in [9.17, 15) is 14.4 Å². The van der Waals surface area contributed by atoms with Crippen LogP contribution in [0.2, 0.25) is 0 Å². The molecular weight excluding hydrogens is 330 g/mol. The first-order chi connectivity index (χ1) is 11.6. The van der Waals surface area contributed by atoms with Crippen LogP contribution >= 0.6 is 11.8 Å². The van der Waals surface area contributed by atoms with Crippen molar-refractivity contribution in [2.24, 2.45) is 0 Å². The third-order valence-electron chi connectivity index (χ3n) is 4.08. The van der Waals surface area contributed by atoms with Crippen LogP contribution < -0.4 is 15.0 Å². The quantitative estimate of drug-likeness (QED) is 0.861. The third-order valence-corrected chi connectivity index (χ3v) is 5.08. The van der Waals surface area contributed by atoms with E-state index in [2.05, 4.69) is 5.32 Å². The number of urea groups is 1. The number of methoxy groups -OCH3 is 1. The minimum absolute atomic E-state index is 0.00764. The SMILES string of the molecule is COc1ccccc1N1CCN(CC(=O)NC2CCSC2=O)C1=O. The highest BCUT2D eigenvalue weighted by Crippen LogP contribution is 2.30. The molecule has 7 nitrogen and oxygen atoms in total. The zero-order valence-electron chi connectivity index (χ0n) is 13.4. The Bertz CT molecular complexity index is 666. The van der Waals surface area contributed by atoms with E-state index in [-0.39, 0.29) is 23.6 Å². The molecule has 2 saturated heterocycles. The van der Waals surface area contributed by atoms with Gasteiger partial charge in [-0.05, 0) is 18.6 Å². The van der Waals surface area contributed by atoms with Crippen molar-refractivity contribution < 1.29 is 19.1 Å². The van der Waals surface area contributed by atoms with Crippen LogP contribution in [0.5, 0.6) is 5.75 Å². The summed E-state index contributed by atoms with van der Waals surface area (Å²) in [5, 5.41) is 2.70. The van der Waals surface area contributed by atoms with Crippen LogP contribution in [0.1, 0.15) is 6.42 Å². The molecule has 0 bridgehead atoms. The molecule has 0 aromatic heterocycles. The summed E-state index contributed by atoms with van der Waals surface area (Å²) in [6, 6.07) is 6.62. The third kappa shape index (κ3) is 3.33. The van der Waals surface area contributed by atoms with Crippen molar-refractivity contribution in [3.8, 4) is 5.75 Å². The molecule has 8 heteroatoms. The summed E-state index contributed by atoms with van der Waals surface area (Å²) in [5.41, 5.74) is 0.690. The molecule has 0 spiro atoms. The van der Waals surface area contributed by atoms with Crippen LogP contribution in [-0.2, 0) is 9.59 Å². The Balaban J connectivity index is 1.61. The van der Waals surface area contributed by atoms with Crippen LogP contribution in [0.4, 0.5) is 10.5 Å². The maximum Gasteiger partial charge on any atom is 0.325 e. The Labute approximate surface area is 144 Å². The van der Waals surface area contributed by atoms with E-state index in [0.717, 1.165) is 5.75 Å². The zero-order valence-corrected chi connectivity index (χ0v) is 14.2. The van der Waals surface area contributed by atoms with E-state index in [4.69, 9.17) is 4.74 Å². The average Bonchev–Trinajstić information content (AvgIpc) is 3.14. The number of thioether (sulfide) groups is 1. The Morgan fingerprint density at radius 2 is 2.12 bits per heavy atom. The van der Waals surface area contributed by atoms with Crippen LogP contribution in [0.15, 0.2) is 24.3 Å². The lowest BCUT2D eigenvalue weighted by Gasteiger charge is -2.20. The summed E-state index contributed by atoms with van der Waals surface area (Å²) in [5.74, 6) is 1.05. The van der Waals surface area contributed by atoms with Gasteiger partial charge in [0.15, 0.2) is 0 Å². The van der Waals surface area contributed by atoms with Crippen molar-refractivity contribution in [2.45, 2.75) is 12.5 Å². The molecule has 2 fully saturated rings. The largest absolute Gasteiger partial charge is 0.495 e. The average molecular weight is 349 g/mol. The number of nitrogens with one attached hydrogen (secondary N) is 1. The van der Waals surface area contributed by atoms with E-state index in [1.54, 1.807) is 18.1 Å². The first-order valence-electron chi connectivity index (χ1n) is 7.75. The van der Waals surface area contributed by atoms with Crippen molar-refractivity contribution >= 4 is 34.5 Å². The number of amides is 3. The number of hydrogen-bond donors (Lipinski definition) is 1. The second-order valence-corrected chi connectivity index (χ2v) is 6.70. The molecule has 1 aromatic rings. The van der Waals surface area contributed by atoms with Gasteiger partial charge in [-0.15, -0.1) is 0 Å². The molecule has 1 aromatic carbocycles. The van der Waals surface area contributed by atoms with Gasteiger partial charge in [-0.25, -0.2) is 4.79 Å². The minimum atomic E-state index is -0.425. The summed E-state index contributed by atoms with van der Waals surface area (Å²) < 4.78 is 5.29. The summed E-state index contributed by atoms with van der Waals surface area (Å²) in [7, 11) is 1.56. The molecule has 1 unspecified atom stereocenters. The fourth-order valence-corrected chi connectivity index (χ4v) is 3.78. The van der Waals surface area contributed by atoms with Gasteiger partial charge < -0.3 is 15.0 Å². The van der Waals surface area contributed by atoms with Crippen molar-refractivity contribution in [2.75, 3.05) is 37.4 Å². The molecule has 24 heavy (non-hydrogen) atoms. The van der Waals surface area contributed by atoms with Crippen LogP contribution in [0.3, 0.4) is 0 Å². The minimum Gasteiger partial charge on any atom is -0.495 e. The van der Waals surface area contributed by atoms with Crippen molar-refractivity contribution in [1.82, 2.24) is 10.2 Å². The second kappa shape index (κ2) is 7.12. The predicted octanol–water partition coefficient (Wildman–Crippen LogP) is 1.09. The number of carbonyl (C=O) groups excluding carboxylic acids is 3. The van der Waals surface area contributed by atoms with Gasteiger partial charge >= 0.3 is 6.03 Å². The van der Waals surface area contributed by atoms with E-state index in [0.29, 0.717) is 30.9 Å². The summed E-state index contributed by atoms with van der Waals surface area (Å²) >= 11 is 1.24. The van der Waals surface area contributed by atoms with Crippen LogP contribution in [-0.4, -0.2) is 60.5 Å². The van der Waals surface area contributed by atoms with Gasteiger partial charge in [-0.2, -0.15) is 0 Å². The second-order valence-electron chi connectivity index (χ2n) is 5.60. The zero-order chi connectivity index (χ0) is 17.1. The Morgan fingerprint density at radius 1 is 1.33 bits per heavy atom. The number of carbonyl (C=O) groups is 3. The van der Waals surface area contributed by atoms with Crippen LogP contribution in [0.25, 0.3) is 0 Å². The fraction of sp³-hybridized carbons (Fsp3) is 0.438. The summed E-state index contributed by atoms with van der Waals surface area (Å²) in [6.45, 7) is 0.904. The van der Waals surface area contributed by atoms with Gasteiger partial charge in [0.1, 0.15) is 12.3 Å². The first kappa shape index (κ1) is 16.6. The number of para-hydroxylation sites is 2. The normalized spacial score (nSPS) is 20.6. The molecule has 3 rings (SSSR count). The highest BCUT2D eigenvalue weighted by Gasteiger charge is 2.33. The van der Waals surface area contributed by atoms with E-state index < -0.39 is 6.04 Å². The number of anilines is 1. The van der Waals surface area contributed by atoms with Gasteiger partial charge in [0, 0.05) is 18.8 Å². The Morgan fingerprint density at radius 3 is 2.83 bits per heavy atom. The fourth-order valence-electron chi connectivity index (χ4n) is 2.85. The highest BCUT2D eigenvalue weighted by molar-refractivity contribution is 8.14. The topological polar surface area (TPSA) is 79.0 Å². The van der Waals surface area contributed by atoms with E-state index >= 15 is 0 Å². The standard InChI is InChI=1S/C16H19N3O4S/c1-23-13-5-3-2-4-12(13)19-8-7-18(16(19)22)10-14(20)17-11-6-9-24-15(11)21/h2-5,11H,6-10H2,1H3,(H,17,20). The lowest BCUT2D eigenvalue weighted by molar-refractivity contribution is -0.124. The maximum absolute atomic E-state index is 12.6. The van der Waals surface area contributed by atoms with E-state index in [1.807, 2.05) is 18.2 Å². The van der Waals surface area contributed by atoms with Gasteiger partial charge in [0.25, 0.3) is 0 Å². The lowest BCUT2D eigenvalue weighted by atomic mass is 10.2. The summed E-state index contributed by atoms with van der Waals surface area (Å²) in [6.07, 6.45) is 0.649. The monoisotopic (exact) mass is 349 g/mol. The molecule has 2 heterocycles. The molecule has 0 saturated carbocycles. The molecular formula is C16H19N3O4S. The van der Waals surface area contributed by atoms with Gasteiger partial charge in [-0.3, -0.25) is 14.5 Å². The van der Waals surface area contributed by atoms with Gasteiger partial charge in [-0.1, -0.05) is 23.9 Å². The highest BCUT2D eigenvalue weighted by atomic mass is 32.2. The number of hydrogen-bond acceptors (Lipinski definition) is 5. The molecule has 3 amide bonds. The van der Waals surface area contributed by atoms with Gasteiger partial charge in [0.05, 0.1) is 18.8 Å². The molecule has 0 aliphatic carbocycles. The predicted molar refractivity (Wildman–Crippen MR) is 91.3 cm³/mol. The number of nitrogens with zero attached hydrogens (tertiary/aromatic N) is 2. The summed E-state index contributed by atoms with van der Waals surface area (Å²) in [4.78, 5) is 39.3. The lowest BCUT2D eigenvalue weighted by Crippen LogP contribution is -2.44. The number of benzene rings is 1.